The van der Waals surface area contributed by atoms with E-state index in [0.717, 1.165) is 12.8 Å². The minimum Gasteiger partial charge on any atom is -0.376 e. The van der Waals surface area contributed by atoms with Crippen molar-refractivity contribution in [3.8, 4) is 0 Å². The summed E-state index contributed by atoms with van der Waals surface area (Å²) in [7, 11) is 1.70. The Bertz CT molecular complexity index is 377. The fourth-order valence-corrected chi connectivity index (χ4v) is 2.12. The lowest BCUT2D eigenvalue weighted by atomic mass is 9.80. The standard InChI is InChI=1S/C11H14BrFN2O/c1-16-11(3-2-4-11)7-15-10-9(13)5-8(12)6-14-10/h5-6H,2-4,7H2,1H3,(H,14,15). The van der Waals surface area contributed by atoms with E-state index < -0.39 is 0 Å². The third-order valence-corrected chi connectivity index (χ3v) is 3.52. The number of nitrogens with one attached hydrogen (secondary N) is 1. The zero-order valence-corrected chi connectivity index (χ0v) is 10.7. The van der Waals surface area contributed by atoms with Crippen LogP contribution in [0.4, 0.5) is 10.2 Å². The van der Waals surface area contributed by atoms with E-state index in [-0.39, 0.29) is 17.2 Å². The van der Waals surface area contributed by atoms with Gasteiger partial charge in [-0.2, -0.15) is 0 Å². The normalized spacial score (nSPS) is 17.9. The number of anilines is 1. The van der Waals surface area contributed by atoms with Gasteiger partial charge in [-0.15, -0.1) is 0 Å². The number of rotatable bonds is 4. The molecule has 1 N–H and O–H groups in total. The van der Waals surface area contributed by atoms with Crippen LogP contribution >= 0.6 is 15.9 Å². The zero-order chi connectivity index (χ0) is 11.6. The van der Waals surface area contributed by atoms with Crippen LogP contribution in [0.25, 0.3) is 0 Å². The Hall–Kier alpha value is -0.680. The first-order valence-corrected chi connectivity index (χ1v) is 6.05. The highest BCUT2D eigenvalue weighted by molar-refractivity contribution is 9.10. The van der Waals surface area contributed by atoms with E-state index in [2.05, 4.69) is 26.2 Å². The van der Waals surface area contributed by atoms with Crippen LogP contribution < -0.4 is 5.32 Å². The molecule has 2 rings (SSSR count). The number of methoxy groups -OCH3 is 1. The second-order valence-corrected chi connectivity index (χ2v) is 4.99. The molecular weight excluding hydrogens is 275 g/mol. The predicted molar refractivity (Wildman–Crippen MR) is 64.0 cm³/mol. The molecule has 1 aromatic heterocycles. The van der Waals surface area contributed by atoms with Crippen LogP contribution in [0, 0.1) is 5.82 Å². The monoisotopic (exact) mass is 288 g/mol. The largest absolute Gasteiger partial charge is 0.376 e. The first kappa shape index (κ1) is 11.8. The molecule has 5 heteroatoms. The molecule has 3 nitrogen and oxygen atoms in total. The molecule has 1 heterocycles. The maximum Gasteiger partial charge on any atom is 0.166 e. The van der Waals surface area contributed by atoms with Crippen LogP contribution in [0.15, 0.2) is 16.7 Å². The number of ether oxygens (including phenoxy) is 1. The highest BCUT2D eigenvalue weighted by atomic mass is 79.9. The molecular formula is C11H14BrFN2O. The van der Waals surface area contributed by atoms with Crippen molar-refractivity contribution in [3.05, 3.63) is 22.6 Å². The van der Waals surface area contributed by atoms with Gasteiger partial charge in [0.2, 0.25) is 0 Å². The van der Waals surface area contributed by atoms with Crippen LogP contribution in [0.1, 0.15) is 19.3 Å². The summed E-state index contributed by atoms with van der Waals surface area (Å²) in [5, 5.41) is 3.00. The predicted octanol–water partition coefficient (Wildman–Crippen LogP) is 2.96. The molecule has 0 atom stereocenters. The maximum atomic E-state index is 13.5. The van der Waals surface area contributed by atoms with Crippen molar-refractivity contribution in [2.75, 3.05) is 19.0 Å². The Morgan fingerprint density at radius 3 is 2.88 bits per heavy atom. The number of aromatic nitrogens is 1. The summed E-state index contributed by atoms with van der Waals surface area (Å²) < 4.78 is 19.5. The molecule has 0 aliphatic heterocycles. The van der Waals surface area contributed by atoms with Crippen molar-refractivity contribution >= 4 is 21.7 Å². The van der Waals surface area contributed by atoms with Crippen molar-refractivity contribution in [1.29, 1.82) is 0 Å². The van der Waals surface area contributed by atoms with E-state index in [1.54, 1.807) is 13.3 Å². The molecule has 1 aliphatic rings. The minimum absolute atomic E-state index is 0.124. The summed E-state index contributed by atoms with van der Waals surface area (Å²) in [6.45, 7) is 0.606. The lowest BCUT2D eigenvalue weighted by Gasteiger charge is -2.40. The van der Waals surface area contributed by atoms with Gasteiger partial charge in [0.1, 0.15) is 0 Å². The van der Waals surface area contributed by atoms with E-state index in [0.29, 0.717) is 11.0 Å². The van der Waals surface area contributed by atoms with Gasteiger partial charge in [-0.25, -0.2) is 9.37 Å². The molecule has 1 saturated carbocycles. The van der Waals surface area contributed by atoms with Crippen molar-refractivity contribution in [2.45, 2.75) is 24.9 Å². The number of pyridine rings is 1. The molecule has 88 valence electrons. The van der Waals surface area contributed by atoms with Gasteiger partial charge < -0.3 is 10.1 Å². The smallest absolute Gasteiger partial charge is 0.166 e. The quantitative estimate of drug-likeness (QED) is 0.925. The first-order valence-electron chi connectivity index (χ1n) is 5.25. The highest BCUT2D eigenvalue weighted by Crippen LogP contribution is 2.35. The molecule has 16 heavy (non-hydrogen) atoms. The van der Waals surface area contributed by atoms with E-state index in [1.807, 2.05) is 0 Å². The molecule has 0 spiro atoms. The summed E-state index contributed by atoms with van der Waals surface area (Å²) in [6.07, 6.45) is 4.79. The molecule has 0 amide bonds. The van der Waals surface area contributed by atoms with Gasteiger partial charge in [0.25, 0.3) is 0 Å². The highest BCUT2D eigenvalue weighted by Gasteiger charge is 2.36. The average molecular weight is 289 g/mol. The minimum atomic E-state index is -0.347. The Kier molecular flexibility index (Phi) is 3.44. The second kappa shape index (κ2) is 4.67. The van der Waals surface area contributed by atoms with E-state index in [9.17, 15) is 4.39 Å². The maximum absolute atomic E-state index is 13.5. The van der Waals surface area contributed by atoms with E-state index in [4.69, 9.17) is 4.74 Å². The lowest BCUT2D eigenvalue weighted by Crippen LogP contribution is -2.45. The van der Waals surface area contributed by atoms with Crippen molar-refractivity contribution in [3.63, 3.8) is 0 Å². The van der Waals surface area contributed by atoms with Crippen molar-refractivity contribution in [1.82, 2.24) is 4.98 Å². The number of nitrogens with zero attached hydrogens (tertiary/aromatic N) is 1. The fraction of sp³-hybridized carbons (Fsp3) is 0.545. The molecule has 1 fully saturated rings. The van der Waals surface area contributed by atoms with Crippen LogP contribution in [-0.4, -0.2) is 24.2 Å². The SMILES string of the molecule is COC1(CNc2ncc(Br)cc2F)CCC1. The Morgan fingerprint density at radius 1 is 1.62 bits per heavy atom. The van der Waals surface area contributed by atoms with Crippen LogP contribution in [0.2, 0.25) is 0 Å². The topological polar surface area (TPSA) is 34.1 Å². The number of hydrogen-bond acceptors (Lipinski definition) is 3. The molecule has 0 radical (unpaired) electrons. The zero-order valence-electron chi connectivity index (χ0n) is 9.09. The summed E-state index contributed by atoms with van der Waals surface area (Å²) in [5.74, 6) is -0.0634. The molecule has 0 unspecified atom stereocenters. The summed E-state index contributed by atoms with van der Waals surface area (Å²) in [6, 6.07) is 1.40. The van der Waals surface area contributed by atoms with Crippen LogP contribution in [-0.2, 0) is 4.74 Å². The molecule has 1 aliphatic carbocycles. The van der Waals surface area contributed by atoms with Gasteiger partial charge in [0, 0.05) is 24.3 Å². The number of hydrogen-bond donors (Lipinski definition) is 1. The van der Waals surface area contributed by atoms with Gasteiger partial charge >= 0.3 is 0 Å². The molecule has 0 aromatic carbocycles. The molecule has 0 bridgehead atoms. The van der Waals surface area contributed by atoms with Gasteiger partial charge in [-0.05, 0) is 41.3 Å². The molecule has 0 saturated heterocycles. The Morgan fingerprint density at radius 2 is 2.38 bits per heavy atom. The van der Waals surface area contributed by atoms with Crippen molar-refractivity contribution in [2.24, 2.45) is 0 Å². The second-order valence-electron chi connectivity index (χ2n) is 4.08. The lowest BCUT2D eigenvalue weighted by molar-refractivity contribution is -0.0602. The fourth-order valence-electron chi connectivity index (χ4n) is 1.81. The third-order valence-electron chi connectivity index (χ3n) is 3.08. The van der Waals surface area contributed by atoms with Gasteiger partial charge in [0.15, 0.2) is 11.6 Å². The first-order chi connectivity index (χ1) is 7.65. The Labute approximate surface area is 103 Å². The summed E-state index contributed by atoms with van der Waals surface area (Å²) in [4.78, 5) is 3.99. The van der Waals surface area contributed by atoms with Gasteiger partial charge in [-0.3, -0.25) is 0 Å². The van der Waals surface area contributed by atoms with Crippen LogP contribution in [0.5, 0.6) is 0 Å². The average Bonchev–Trinajstić information content (AvgIpc) is 2.19. The van der Waals surface area contributed by atoms with E-state index in [1.165, 1.54) is 12.5 Å². The summed E-state index contributed by atoms with van der Waals surface area (Å²) >= 11 is 3.17. The number of halogens is 2. The molecule has 1 aromatic rings. The Balaban J connectivity index is 1.99. The summed E-state index contributed by atoms with van der Waals surface area (Å²) in [5.41, 5.74) is -0.124. The van der Waals surface area contributed by atoms with Crippen molar-refractivity contribution < 1.29 is 9.13 Å². The van der Waals surface area contributed by atoms with E-state index >= 15 is 0 Å². The third kappa shape index (κ3) is 2.35. The van der Waals surface area contributed by atoms with Gasteiger partial charge in [0.05, 0.1) is 5.60 Å². The van der Waals surface area contributed by atoms with Crippen LogP contribution in [0.3, 0.4) is 0 Å². The van der Waals surface area contributed by atoms with Gasteiger partial charge in [-0.1, -0.05) is 0 Å².